The number of thioether (sulfide) groups is 2. The van der Waals surface area contributed by atoms with Gasteiger partial charge in [0.25, 0.3) is 0 Å². The molecule has 1 atom stereocenters. The van der Waals surface area contributed by atoms with Gasteiger partial charge in [0.1, 0.15) is 0 Å². The number of aliphatic hydroxyl groups excluding tert-OH is 1. The molecule has 0 bridgehead atoms. The zero-order valence-electron chi connectivity index (χ0n) is 12.5. The number of hydrogen-bond donors (Lipinski definition) is 2. The quantitative estimate of drug-likeness (QED) is 0.478. The molecule has 0 saturated carbocycles. The molecule has 20 heavy (non-hydrogen) atoms. The third kappa shape index (κ3) is 6.76. The van der Waals surface area contributed by atoms with Gasteiger partial charge in [-0.05, 0) is 39.0 Å². The number of aliphatic hydroxyl groups is 1. The average molecular weight is 336 g/mol. The molecule has 1 rings (SSSR count). The second kappa shape index (κ2) is 10.00. The van der Waals surface area contributed by atoms with Crippen LogP contribution in [0.4, 0.5) is 0 Å². The smallest absolute Gasteiger partial charge is 0.175 e. The van der Waals surface area contributed by atoms with E-state index in [9.17, 15) is 5.11 Å². The number of aromatic nitrogens is 2. The van der Waals surface area contributed by atoms with E-state index in [1.807, 2.05) is 6.26 Å². The molecule has 1 heterocycles. The summed E-state index contributed by atoms with van der Waals surface area (Å²) < 4.78 is 2.09. The van der Waals surface area contributed by atoms with Gasteiger partial charge < -0.3 is 10.4 Å². The summed E-state index contributed by atoms with van der Waals surface area (Å²) in [5, 5.41) is 21.2. The first-order valence-electron chi connectivity index (χ1n) is 6.99. The standard InChI is InChI=1S/C13H25N3OS3/c1-4-8-14-13(2,10-17)7-5-6-9-19-12-16-15-11(18-3)20-12/h14,17H,4-10H2,1-3H3. The highest BCUT2D eigenvalue weighted by Crippen LogP contribution is 2.28. The highest BCUT2D eigenvalue weighted by atomic mass is 32.2. The van der Waals surface area contributed by atoms with Crippen LogP contribution in [0.3, 0.4) is 0 Å². The summed E-state index contributed by atoms with van der Waals surface area (Å²) >= 11 is 5.09. The maximum Gasteiger partial charge on any atom is 0.175 e. The lowest BCUT2D eigenvalue weighted by molar-refractivity contribution is 0.163. The predicted molar refractivity (Wildman–Crippen MR) is 90.0 cm³/mol. The van der Waals surface area contributed by atoms with Crippen LogP contribution in [0.15, 0.2) is 8.68 Å². The Morgan fingerprint density at radius 2 is 2.05 bits per heavy atom. The van der Waals surface area contributed by atoms with E-state index >= 15 is 0 Å². The van der Waals surface area contributed by atoms with E-state index in [2.05, 4.69) is 29.4 Å². The summed E-state index contributed by atoms with van der Waals surface area (Å²) in [6, 6.07) is 0. The van der Waals surface area contributed by atoms with Crippen LogP contribution >= 0.6 is 34.9 Å². The van der Waals surface area contributed by atoms with E-state index in [4.69, 9.17) is 0 Å². The van der Waals surface area contributed by atoms with Crippen LogP contribution in [0.25, 0.3) is 0 Å². The zero-order valence-corrected chi connectivity index (χ0v) is 15.0. The van der Waals surface area contributed by atoms with Crippen molar-refractivity contribution in [3.05, 3.63) is 0 Å². The summed E-state index contributed by atoms with van der Waals surface area (Å²) in [4.78, 5) is 0. The van der Waals surface area contributed by atoms with Gasteiger partial charge in [-0.15, -0.1) is 10.2 Å². The highest BCUT2D eigenvalue weighted by Gasteiger charge is 2.21. The largest absolute Gasteiger partial charge is 0.394 e. The van der Waals surface area contributed by atoms with Gasteiger partial charge in [-0.25, -0.2) is 0 Å². The topological polar surface area (TPSA) is 58.0 Å². The Labute approximate surface area is 134 Å². The summed E-state index contributed by atoms with van der Waals surface area (Å²) in [6.07, 6.45) is 6.39. The second-order valence-electron chi connectivity index (χ2n) is 4.99. The molecule has 0 aromatic carbocycles. The van der Waals surface area contributed by atoms with Gasteiger partial charge in [-0.2, -0.15) is 0 Å². The minimum Gasteiger partial charge on any atom is -0.394 e. The van der Waals surface area contributed by atoms with Gasteiger partial charge in [0.15, 0.2) is 8.68 Å². The fraction of sp³-hybridized carbons (Fsp3) is 0.846. The van der Waals surface area contributed by atoms with Crippen molar-refractivity contribution >= 4 is 34.9 Å². The molecule has 1 aromatic rings. The molecule has 2 N–H and O–H groups in total. The lowest BCUT2D eigenvalue weighted by Gasteiger charge is -2.28. The molecule has 0 aliphatic carbocycles. The fourth-order valence-corrected chi connectivity index (χ4v) is 4.27. The molecule has 116 valence electrons. The summed E-state index contributed by atoms with van der Waals surface area (Å²) in [5.41, 5.74) is -0.130. The summed E-state index contributed by atoms with van der Waals surface area (Å²) in [7, 11) is 0. The Morgan fingerprint density at radius 3 is 2.65 bits per heavy atom. The van der Waals surface area contributed by atoms with Crippen LogP contribution in [0, 0.1) is 0 Å². The van der Waals surface area contributed by atoms with Crippen LogP contribution < -0.4 is 5.32 Å². The first-order chi connectivity index (χ1) is 9.63. The average Bonchev–Trinajstić information content (AvgIpc) is 2.93. The van der Waals surface area contributed by atoms with Crippen molar-refractivity contribution < 1.29 is 5.11 Å². The number of hydrogen-bond acceptors (Lipinski definition) is 7. The van der Waals surface area contributed by atoms with Crippen molar-refractivity contribution in [3.63, 3.8) is 0 Å². The van der Waals surface area contributed by atoms with Crippen LogP contribution in [0.2, 0.25) is 0 Å². The van der Waals surface area contributed by atoms with Crippen LogP contribution in [0.5, 0.6) is 0 Å². The molecule has 0 saturated heterocycles. The Bertz CT molecular complexity index is 375. The van der Waals surface area contributed by atoms with E-state index in [0.717, 1.165) is 46.7 Å². The van der Waals surface area contributed by atoms with Crippen molar-refractivity contribution in [3.8, 4) is 0 Å². The normalized spacial score (nSPS) is 14.4. The summed E-state index contributed by atoms with van der Waals surface area (Å²) in [6.45, 7) is 5.42. The van der Waals surface area contributed by atoms with Crippen molar-refractivity contribution in [2.75, 3.05) is 25.2 Å². The molecule has 1 unspecified atom stereocenters. The van der Waals surface area contributed by atoms with Crippen LogP contribution in [-0.4, -0.2) is 46.0 Å². The van der Waals surface area contributed by atoms with Crippen molar-refractivity contribution in [2.24, 2.45) is 0 Å². The first-order valence-corrected chi connectivity index (χ1v) is 10.0. The van der Waals surface area contributed by atoms with E-state index < -0.39 is 0 Å². The van der Waals surface area contributed by atoms with Crippen molar-refractivity contribution in [2.45, 2.75) is 53.7 Å². The molecular weight excluding hydrogens is 310 g/mol. The number of nitrogens with zero attached hydrogens (tertiary/aromatic N) is 2. The van der Waals surface area contributed by atoms with Gasteiger partial charge in [0, 0.05) is 11.3 Å². The number of nitrogens with one attached hydrogen (secondary N) is 1. The molecule has 0 spiro atoms. The monoisotopic (exact) mass is 335 g/mol. The second-order valence-corrected chi connectivity index (χ2v) is 8.36. The molecule has 0 fully saturated rings. The fourth-order valence-electron chi connectivity index (χ4n) is 1.76. The van der Waals surface area contributed by atoms with Gasteiger partial charge in [0.2, 0.25) is 0 Å². The molecule has 7 heteroatoms. The van der Waals surface area contributed by atoms with Gasteiger partial charge in [0.05, 0.1) is 6.61 Å². The van der Waals surface area contributed by atoms with Gasteiger partial charge in [-0.3, -0.25) is 0 Å². The molecular formula is C13H25N3OS3. The predicted octanol–water partition coefficient (Wildman–Crippen LogP) is 3.27. The highest BCUT2D eigenvalue weighted by molar-refractivity contribution is 8.02. The minimum atomic E-state index is -0.130. The lowest BCUT2D eigenvalue weighted by Crippen LogP contribution is -2.46. The van der Waals surface area contributed by atoms with Crippen LogP contribution in [0.1, 0.15) is 39.5 Å². The van der Waals surface area contributed by atoms with Gasteiger partial charge in [-0.1, -0.05) is 48.2 Å². The first kappa shape index (κ1) is 18.2. The maximum atomic E-state index is 9.49. The summed E-state index contributed by atoms with van der Waals surface area (Å²) in [5.74, 6) is 1.07. The maximum absolute atomic E-state index is 9.49. The van der Waals surface area contributed by atoms with E-state index in [1.54, 1.807) is 34.9 Å². The van der Waals surface area contributed by atoms with Crippen LogP contribution in [-0.2, 0) is 0 Å². The van der Waals surface area contributed by atoms with E-state index in [0.29, 0.717) is 0 Å². The number of unbranched alkanes of at least 4 members (excludes halogenated alkanes) is 1. The Morgan fingerprint density at radius 1 is 1.30 bits per heavy atom. The molecule has 0 radical (unpaired) electrons. The Kier molecular flexibility index (Phi) is 9.11. The van der Waals surface area contributed by atoms with Crippen molar-refractivity contribution in [1.82, 2.24) is 15.5 Å². The third-order valence-corrected chi connectivity index (χ3v) is 6.18. The Balaban J connectivity index is 2.17. The van der Waals surface area contributed by atoms with E-state index in [-0.39, 0.29) is 12.1 Å². The SMILES string of the molecule is CCCNC(C)(CO)CCCCSc1nnc(SC)s1. The Hall–Kier alpha value is 0.180. The minimum absolute atomic E-state index is 0.130. The van der Waals surface area contributed by atoms with Crippen molar-refractivity contribution in [1.29, 1.82) is 0 Å². The zero-order chi connectivity index (χ0) is 14.8. The van der Waals surface area contributed by atoms with Gasteiger partial charge >= 0.3 is 0 Å². The lowest BCUT2D eigenvalue weighted by atomic mass is 9.96. The molecule has 0 aliphatic rings. The van der Waals surface area contributed by atoms with E-state index in [1.165, 1.54) is 0 Å². The number of rotatable bonds is 11. The molecule has 0 amide bonds. The molecule has 4 nitrogen and oxygen atoms in total. The molecule has 1 aromatic heterocycles. The third-order valence-electron chi connectivity index (χ3n) is 3.06. The molecule has 0 aliphatic heterocycles.